The van der Waals surface area contributed by atoms with E-state index in [1.54, 1.807) is 11.8 Å². The molecule has 21 heavy (non-hydrogen) atoms. The molecule has 0 radical (unpaired) electrons. The summed E-state index contributed by atoms with van der Waals surface area (Å²) < 4.78 is 26.9. The van der Waals surface area contributed by atoms with Crippen LogP contribution in [0.5, 0.6) is 0 Å². The van der Waals surface area contributed by atoms with Gasteiger partial charge in [0.05, 0.1) is 0 Å². The van der Waals surface area contributed by atoms with Crippen LogP contribution in [0.1, 0.15) is 11.1 Å². The summed E-state index contributed by atoms with van der Waals surface area (Å²) in [6.45, 7) is 2.07. The molecule has 0 aliphatic carbocycles. The third-order valence-corrected chi connectivity index (χ3v) is 4.75. The van der Waals surface area contributed by atoms with Crippen LogP contribution in [-0.2, 0) is 6.42 Å². The minimum absolute atomic E-state index is 0.0888. The Kier molecular flexibility index (Phi) is 5.76. The second kappa shape index (κ2) is 7.57. The molecule has 0 aromatic heterocycles. The minimum Gasteiger partial charge on any atom is -0.316 e. The van der Waals surface area contributed by atoms with Gasteiger partial charge in [-0.05, 0) is 55.8 Å². The van der Waals surface area contributed by atoms with Gasteiger partial charge in [-0.2, -0.15) is 0 Å². The van der Waals surface area contributed by atoms with Crippen LogP contribution in [0.3, 0.4) is 0 Å². The second-order valence-electron chi connectivity index (χ2n) is 5.00. The monoisotopic (exact) mass is 307 g/mol. The summed E-state index contributed by atoms with van der Waals surface area (Å²) in [5.41, 5.74) is 1.65. The maximum absolute atomic E-state index is 13.7. The van der Waals surface area contributed by atoms with Crippen molar-refractivity contribution in [1.29, 1.82) is 0 Å². The van der Waals surface area contributed by atoms with Gasteiger partial charge < -0.3 is 5.32 Å². The van der Waals surface area contributed by atoms with Crippen molar-refractivity contribution in [3.05, 3.63) is 65.2 Å². The van der Waals surface area contributed by atoms with Gasteiger partial charge in [0.1, 0.15) is 11.6 Å². The van der Waals surface area contributed by atoms with E-state index in [1.165, 1.54) is 22.6 Å². The molecule has 0 saturated heterocycles. The summed E-state index contributed by atoms with van der Waals surface area (Å²) in [6.07, 6.45) is 0.471. The fourth-order valence-electron chi connectivity index (χ4n) is 2.12. The van der Waals surface area contributed by atoms with Crippen LogP contribution in [0.15, 0.2) is 47.4 Å². The summed E-state index contributed by atoms with van der Waals surface area (Å²) in [7, 11) is 1.85. The van der Waals surface area contributed by atoms with Crippen molar-refractivity contribution in [1.82, 2.24) is 5.32 Å². The molecular weight excluding hydrogens is 288 g/mol. The summed E-state index contributed by atoms with van der Waals surface area (Å²) in [5, 5.41) is 3.18. The molecular formula is C17H19F2NS. The van der Waals surface area contributed by atoms with E-state index in [2.05, 4.69) is 24.4 Å². The van der Waals surface area contributed by atoms with Crippen molar-refractivity contribution in [2.24, 2.45) is 0 Å². The third-order valence-electron chi connectivity index (χ3n) is 3.42. The molecule has 1 nitrogen and oxygen atoms in total. The summed E-state index contributed by atoms with van der Waals surface area (Å²) in [5.74, 6) is 0.0578. The van der Waals surface area contributed by atoms with Gasteiger partial charge in [0.15, 0.2) is 0 Å². The molecule has 1 N–H and O–H groups in total. The SMILES string of the molecule is CNC(CSc1ccccc1C)Cc1cc(F)ccc1F. The first-order valence-corrected chi connectivity index (χ1v) is 7.88. The van der Waals surface area contributed by atoms with Gasteiger partial charge in [-0.3, -0.25) is 0 Å². The predicted octanol–water partition coefficient (Wildman–Crippen LogP) is 4.20. The van der Waals surface area contributed by atoms with E-state index in [9.17, 15) is 8.78 Å². The van der Waals surface area contributed by atoms with Crippen LogP contribution in [-0.4, -0.2) is 18.8 Å². The zero-order valence-electron chi connectivity index (χ0n) is 12.2. The van der Waals surface area contributed by atoms with Crippen molar-refractivity contribution < 1.29 is 8.78 Å². The molecule has 0 aliphatic heterocycles. The van der Waals surface area contributed by atoms with Crippen molar-refractivity contribution in [3.8, 4) is 0 Å². The fraction of sp³-hybridized carbons (Fsp3) is 0.294. The standard InChI is InChI=1S/C17H19F2NS/c1-12-5-3-4-6-17(12)21-11-15(20-2)10-13-9-14(18)7-8-16(13)19/h3-9,15,20H,10-11H2,1-2H3. The topological polar surface area (TPSA) is 12.0 Å². The van der Waals surface area contributed by atoms with E-state index in [0.29, 0.717) is 12.0 Å². The van der Waals surface area contributed by atoms with Gasteiger partial charge in [0.25, 0.3) is 0 Å². The van der Waals surface area contributed by atoms with Gasteiger partial charge in [-0.25, -0.2) is 8.78 Å². The Labute approximate surface area is 128 Å². The lowest BCUT2D eigenvalue weighted by Crippen LogP contribution is -2.30. The Bertz CT molecular complexity index is 601. The molecule has 0 aliphatic rings. The van der Waals surface area contributed by atoms with Crippen molar-refractivity contribution in [3.63, 3.8) is 0 Å². The summed E-state index contributed by atoms with van der Waals surface area (Å²) >= 11 is 1.73. The lowest BCUT2D eigenvalue weighted by atomic mass is 10.1. The first-order chi connectivity index (χ1) is 10.1. The highest BCUT2D eigenvalue weighted by atomic mass is 32.2. The average molecular weight is 307 g/mol. The van der Waals surface area contributed by atoms with Gasteiger partial charge >= 0.3 is 0 Å². The van der Waals surface area contributed by atoms with Gasteiger partial charge in [-0.1, -0.05) is 18.2 Å². The molecule has 2 aromatic rings. The highest BCUT2D eigenvalue weighted by Gasteiger charge is 2.12. The van der Waals surface area contributed by atoms with Crippen LogP contribution in [0, 0.1) is 18.6 Å². The van der Waals surface area contributed by atoms with Crippen LogP contribution in [0.2, 0.25) is 0 Å². The molecule has 0 heterocycles. The molecule has 0 spiro atoms. The molecule has 2 aromatic carbocycles. The predicted molar refractivity (Wildman–Crippen MR) is 84.8 cm³/mol. The first kappa shape index (κ1) is 16.0. The molecule has 1 atom stereocenters. The number of hydrogen-bond donors (Lipinski definition) is 1. The highest BCUT2D eigenvalue weighted by molar-refractivity contribution is 7.99. The largest absolute Gasteiger partial charge is 0.316 e. The highest BCUT2D eigenvalue weighted by Crippen LogP contribution is 2.23. The molecule has 0 fully saturated rings. The Morgan fingerprint density at radius 1 is 1.14 bits per heavy atom. The van der Waals surface area contributed by atoms with Gasteiger partial charge in [-0.15, -0.1) is 11.8 Å². The van der Waals surface area contributed by atoms with E-state index in [1.807, 2.05) is 19.2 Å². The van der Waals surface area contributed by atoms with E-state index in [-0.39, 0.29) is 11.9 Å². The van der Waals surface area contributed by atoms with E-state index >= 15 is 0 Å². The molecule has 0 saturated carbocycles. The lowest BCUT2D eigenvalue weighted by Gasteiger charge is -2.17. The molecule has 0 bridgehead atoms. The smallest absolute Gasteiger partial charge is 0.126 e. The Balaban J connectivity index is 2.00. The van der Waals surface area contributed by atoms with Gasteiger partial charge in [0.2, 0.25) is 0 Å². The third kappa shape index (κ3) is 4.55. The zero-order chi connectivity index (χ0) is 15.2. The van der Waals surface area contributed by atoms with Crippen LogP contribution in [0.25, 0.3) is 0 Å². The van der Waals surface area contributed by atoms with Crippen LogP contribution in [0.4, 0.5) is 8.78 Å². The quantitative estimate of drug-likeness (QED) is 0.803. The molecule has 1 unspecified atom stereocenters. The summed E-state index contributed by atoms with van der Waals surface area (Å²) in [6, 6.07) is 11.9. The Morgan fingerprint density at radius 2 is 1.90 bits per heavy atom. The molecule has 0 amide bonds. The Hall–Kier alpha value is -1.39. The van der Waals surface area contributed by atoms with Crippen molar-refractivity contribution >= 4 is 11.8 Å². The normalized spacial score (nSPS) is 12.4. The van der Waals surface area contributed by atoms with Crippen molar-refractivity contribution in [2.75, 3.05) is 12.8 Å². The van der Waals surface area contributed by atoms with Crippen LogP contribution < -0.4 is 5.32 Å². The fourth-order valence-corrected chi connectivity index (χ4v) is 3.25. The second-order valence-corrected chi connectivity index (χ2v) is 6.06. The van der Waals surface area contributed by atoms with Crippen molar-refractivity contribution in [2.45, 2.75) is 24.3 Å². The minimum atomic E-state index is -0.396. The lowest BCUT2D eigenvalue weighted by molar-refractivity contribution is 0.555. The average Bonchev–Trinajstić information content (AvgIpc) is 2.48. The zero-order valence-corrected chi connectivity index (χ0v) is 13.0. The maximum atomic E-state index is 13.7. The van der Waals surface area contributed by atoms with Crippen LogP contribution >= 0.6 is 11.8 Å². The van der Waals surface area contributed by atoms with E-state index in [0.717, 1.165) is 11.8 Å². The number of aryl methyl sites for hydroxylation is 1. The number of thioether (sulfide) groups is 1. The summed E-state index contributed by atoms with van der Waals surface area (Å²) in [4.78, 5) is 1.22. The molecule has 2 rings (SSSR count). The number of hydrogen-bond acceptors (Lipinski definition) is 2. The number of nitrogens with one attached hydrogen (secondary N) is 1. The molecule has 4 heteroatoms. The van der Waals surface area contributed by atoms with E-state index < -0.39 is 5.82 Å². The number of rotatable bonds is 6. The first-order valence-electron chi connectivity index (χ1n) is 6.89. The Morgan fingerprint density at radius 3 is 2.62 bits per heavy atom. The maximum Gasteiger partial charge on any atom is 0.126 e. The number of likely N-dealkylation sites (N-methyl/N-ethyl adjacent to an activating group) is 1. The molecule has 112 valence electrons. The van der Waals surface area contributed by atoms with Gasteiger partial charge in [0, 0.05) is 16.7 Å². The number of benzene rings is 2. The number of halogens is 2. The van der Waals surface area contributed by atoms with E-state index in [4.69, 9.17) is 0 Å².